The van der Waals surface area contributed by atoms with Gasteiger partial charge < -0.3 is 25.3 Å². The maximum Gasteiger partial charge on any atom is 0.253 e. The summed E-state index contributed by atoms with van der Waals surface area (Å²) in [6, 6.07) is 7.44. The molecule has 0 aromatic heterocycles. The first-order valence-corrected chi connectivity index (χ1v) is 6.96. The highest BCUT2D eigenvalue weighted by atomic mass is 16.5. The van der Waals surface area contributed by atoms with E-state index >= 15 is 0 Å². The van der Waals surface area contributed by atoms with Gasteiger partial charge in [-0.1, -0.05) is 18.2 Å². The first-order valence-electron chi connectivity index (χ1n) is 6.96. The molecule has 0 aliphatic heterocycles. The average Bonchev–Trinajstić information content (AvgIpc) is 2.51. The first-order chi connectivity index (χ1) is 10.2. The Kier molecular flexibility index (Phi) is 8.61. The number of carbonyl (C=O) groups excluding carboxylic acids is 1. The topological polar surface area (TPSA) is 82.8 Å². The second-order valence-corrected chi connectivity index (χ2v) is 4.47. The Hall–Kier alpha value is -1.47. The number of benzene rings is 1. The Morgan fingerprint density at radius 1 is 1.24 bits per heavy atom. The number of carbonyl (C=O) groups is 1. The summed E-state index contributed by atoms with van der Waals surface area (Å²) in [7, 11) is 1.62. The van der Waals surface area contributed by atoms with E-state index < -0.39 is 6.10 Å². The van der Waals surface area contributed by atoms with Crippen LogP contribution in [-0.4, -0.2) is 45.5 Å². The van der Waals surface area contributed by atoms with Crippen LogP contribution in [0.5, 0.6) is 0 Å². The van der Waals surface area contributed by atoms with Gasteiger partial charge in [0.1, 0.15) is 6.10 Å². The van der Waals surface area contributed by atoms with Crippen molar-refractivity contribution in [3.05, 3.63) is 29.8 Å². The maximum absolute atomic E-state index is 12.0. The van der Waals surface area contributed by atoms with Crippen molar-refractivity contribution in [1.29, 1.82) is 0 Å². The fourth-order valence-corrected chi connectivity index (χ4v) is 1.66. The lowest BCUT2D eigenvalue weighted by Gasteiger charge is -2.15. The fraction of sp³-hybridized carbons (Fsp3) is 0.533. The molecule has 0 fully saturated rings. The molecule has 1 unspecified atom stereocenters. The summed E-state index contributed by atoms with van der Waals surface area (Å²) >= 11 is 0. The van der Waals surface area contributed by atoms with Crippen molar-refractivity contribution in [3.63, 3.8) is 0 Å². The highest BCUT2D eigenvalue weighted by Crippen LogP contribution is 2.14. The van der Waals surface area contributed by atoms with Crippen molar-refractivity contribution in [2.24, 2.45) is 5.73 Å². The number of nitrogens with two attached hydrogens (primary N) is 1. The van der Waals surface area contributed by atoms with Gasteiger partial charge in [-0.05, 0) is 18.6 Å². The van der Waals surface area contributed by atoms with E-state index in [9.17, 15) is 4.79 Å². The van der Waals surface area contributed by atoms with Crippen molar-refractivity contribution < 1.29 is 19.0 Å². The van der Waals surface area contributed by atoms with Crippen molar-refractivity contribution in [1.82, 2.24) is 0 Å². The molecule has 0 saturated heterocycles. The van der Waals surface area contributed by atoms with E-state index in [1.54, 1.807) is 14.0 Å². The minimum absolute atomic E-state index is 0.201. The smallest absolute Gasteiger partial charge is 0.253 e. The van der Waals surface area contributed by atoms with Crippen LogP contribution in [0, 0.1) is 0 Å². The van der Waals surface area contributed by atoms with E-state index in [1.165, 1.54) is 0 Å². The fourth-order valence-electron chi connectivity index (χ4n) is 1.66. The molecule has 21 heavy (non-hydrogen) atoms. The lowest BCUT2D eigenvalue weighted by atomic mass is 10.1. The Bertz CT molecular complexity index is 426. The molecule has 0 spiro atoms. The summed E-state index contributed by atoms with van der Waals surface area (Å²) < 4.78 is 15.5. The number of rotatable bonds is 10. The van der Waals surface area contributed by atoms with Gasteiger partial charge in [0.2, 0.25) is 0 Å². The van der Waals surface area contributed by atoms with Crippen LogP contribution >= 0.6 is 0 Å². The lowest BCUT2D eigenvalue weighted by molar-refractivity contribution is -0.127. The molecule has 1 rings (SSSR count). The van der Waals surface area contributed by atoms with Crippen LogP contribution in [0.25, 0.3) is 0 Å². The zero-order valence-corrected chi connectivity index (χ0v) is 12.6. The molecule has 6 heteroatoms. The summed E-state index contributed by atoms with van der Waals surface area (Å²) in [5.74, 6) is -0.201. The Balaban J connectivity index is 2.31. The molecule has 0 bridgehead atoms. The summed E-state index contributed by atoms with van der Waals surface area (Å²) in [6.07, 6.45) is -0.554. The minimum atomic E-state index is -0.554. The number of nitrogens with one attached hydrogen (secondary N) is 1. The normalized spacial score (nSPS) is 12.1. The minimum Gasteiger partial charge on any atom is -0.382 e. The summed E-state index contributed by atoms with van der Waals surface area (Å²) in [6.45, 7) is 3.93. The second kappa shape index (κ2) is 10.3. The van der Waals surface area contributed by atoms with Crippen LogP contribution in [-0.2, 0) is 25.5 Å². The zero-order chi connectivity index (χ0) is 15.5. The maximum atomic E-state index is 12.0. The van der Waals surface area contributed by atoms with Crippen molar-refractivity contribution >= 4 is 11.6 Å². The molecule has 1 amide bonds. The van der Waals surface area contributed by atoms with E-state index in [0.29, 0.717) is 33.0 Å². The summed E-state index contributed by atoms with van der Waals surface area (Å²) in [4.78, 5) is 12.0. The molecule has 0 aliphatic carbocycles. The summed E-state index contributed by atoms with van der Waals surface area (Å²) in [5.41, 5.74) is 7.24. The average molecular weight is 296 g/mol. The summed E-state index contributed by atoms with van der Waals surface area (Å²) in [5, 5.41) is 2.82. The van der Waals surface area contributed by atoms with Crippen LogP contribution in [0.3, 0.4) is 0 Å². The number of amides is 1. The first kappa shape index (κ1) is 17.6. The number of hydrogen-bond acceptors (Lipinski definition) is 5. The van der Waals surface area contributed by atoms with Crippen molar-refractivity contribution in [2.45, 2.75) is 19.6 Å². The third-order valence-electron chi connectivity index (χ3n) is 2.89. The van der Waals surface area contributed by atoms with Crippen LogP contribution in [0.4, 0.5) is 5.69 Å². The Morgan fingerprint density at radius 2 is 1.95 bits per heavy atom. The molecule has 1 aromatic rings. The largest absolute Gasteiger partial charge is 0.382 e. The van der Waals surface area contributed by atoms with E-state index in [1.807, 2.05) is 24.3 Å². The SMILES string of the molecule is COCCOCCOC(C)C(=O)Nc1ccccc1CN. The zero-order valence-electron chi connectivity index (χ0n) is 12.6. The van der Waals surface area contributed by atoms with Gasteiger partial charge in [0, 0.05) is 19.3 Å². The molecular formula is C15H24N2O4. The van der Waals surface area contributed by atoms with Crippen molar-refractivity contribution in [2.75, 3.05) is 38.9 Å². The van der Waals surface area contributed by atoms with E-state index in [0.717, 1.165) is 11.3 Å². The predicted octanol–water partition coefficient (Wildman–Crippen LogP) is 1.15. The molecular weight excluding hydrogens is 272 g/mol. The Morgan fingerprint density at radius 3 is 2.67 bits per heavy atom. The van der Waals surface area contributed by atoms with E-state index in [-0.39, 0.29) is 5.91 Å². The molecule has 6 nitrogen and oxygen atoms in total. The number of methoxy groups -OCH3 is 1. The number of hydrogen-bond donors (Lipinski definition) is 2. The lowest BCUT2D eigenvalue weighted by Crippen LogP contribution is -2.29. The molecule has 0 radical (unpaired) electrons. The molecule has 3 N–H and O–H groups in total. The van der Waals surface area contributed by atoms with Gasteiger partial charge in [-0.2, -0.15) is 0 Å². The molecule has 0 aliphatic rings. The van der Waals surface area contributed by atoms with Crippen LogP contribution in [0.15, 0.2) is 24.3 Å². The standard InChI is InChI=1S/C15H24N2O4/c1-12(21-10-9-20-8-7-19-2)15(18)17-14-6-4-3-5-13(14)11-16/h3-6,12H,7-11,16H2,1-2H3,(H,17,18). The molecule has 118 valence electrons. The molecule has 1 atom stereocenters. The number of para-hydroxylation sites is 1. The van der Waals surface area contributed by atoms with Crippen molar-refractivity contribution in [3.8, 4) is 0 Å². The molecule has 0 saturated carbocycles. The van der Waals surface area contributed by atoms with Crippen LogP contribution in [0.1, 0.15) is 12.5 Å². The number of anilines is 1. The van der Waals surface area contributed by atoms with Crippen LogP contribution in [0.2, 0.25) is 0 Å². The highest BCUT2D eigenvalue weighted by molar-refractivity contribution is 5.94. The molecule has 0 heterocycles. The monoisotopic (exact) mass is 296 g/mol. The highest BCUT2D eigenvalue weighted by Gasteiger charge is 2.14. The van der Waals surface area contributed by atoms with E-state index in [4.69, 9.17) is 19.9 Å². The third kappa shape index (κ3) is 6.68. The molecule has 1 aromatic carbocycles. The predicted molar refractivity (Wildman–Crippen MR) is 81.1 cm³/mol. The van der Waals surface area contributed by atoms with Gasteiger partial charge >= 0.3 is 0 Å². The van der Waals surface area contributed by atoms with Crippen LogP contribution < -0.4 is 11.1 Å². The Labute approximate surface area is 125 Å². The third-order valence-corrected chi connectivity index (χ3v) is 2.89. The number of ether oxygens (including phenoxy) is 3. The van der Waals surface area contributed by atoms with Gasteiger partial charge in [-0.3, -0.25) is 4.79 Å². The quantitative estimate of drug-likeness (QED) is 0.633. The van der Waals surface area contributed by atoms with Gasteiger partial charge in [-0.25, -0.2) is 0 Å². The second-order valence-electron chi connectivity index (χ2n) is 4.47. The van der Waals surface area contributed by atoms with Gasteiger partial charge in [0.25, 0.3) is 5.91 Å². The van der Waals surface area contributed by atoms with Gasteiger partial charge in [0.15, 0.2) is 0 Å². The van der Waals surface area contributed by atoms with E-state index in [2.05, 4.69) is 5.32 Å². The van der Waals surface area contributed by atoms with Gasteiger partial charge in [-0.15, -0.1) is 0 Å². The van der Waals surface area contributed by atoms with Gasteiger partial charge in [0.05, 0.1) is 26.4 Å².